The van der Waals surface area contributed by atoms with Gasteiger partial charge in [-0.25, -0.2) is 0 Å². The molecular weight excluding hydrogens is 248 g/mol. The Morgan fingerprint density at radius 2 is 2.00 bits per heavy atom. The number of phenolic OH excluding ortho intramolecular Hbond substituents is 2. The van der Waals surface area contributed by atoms with Crippen LogP contribution < -0.4 is 0 Å². The lowest BCUT2D eigenvalue weighted by Crippen LogP contribution is -1.82. The van der Waals surface area contributed by atoms with Crippen LogP contribution in [0.2, 0.25) is 0 Å². The van der Waals surface area contributed by atoms with Gasteiger partial charge in [-0.15, -0.1) is 0 Å². The third kappa shape index (κ3) is 1.93. The molecule has 2 aromatic heterocycles. The Hall–Kier alpha value is -2.76. The van der Waals surface area contributed by atoms with Gasteiger partial charge in [-0.3, -0.25) is 0 Å². The minimum absolute atomic E-state index is 0.0390. The van der Waals surface area contributed by atoms with E-state index in [1.54, 1.807) is 12.3 Å². The second-order valence-corrected chi connectivity index (χ2v) is 4.06. The predicted octanol–water partition coefficient (Wildman–Crippen LogP) is 2.72. The van der Waals surface area contributed by atoms with Crippen LogP contribution >= 0.6 is 0 Å². The number of rotatable bonds is 2. The van der Waals surface area contributed by atoms with Gasteiger partial charge in [0.05, 0.1) is 11.8 Å². The van der Waals surface area contributed by atoms with Crippen molar-refractivity contribution in [2.24, 2.45) is 0 Å². The number of aromatic hydroxyl groups is 2. The second kappa shape index (κ2) is 4.16. The van der Waals surface area contributed by atoms with Crippen LogP contribution in [0.3, 0.4) is 0 Å². The van der Waals surface area contributed by atoms with E-state index in [4.69, 9.17) is 8.94 Å². The molecule has 2 N–H and O–H groups in total. The zero-order valence-corrected chi connectivity index (χ0v) is 9.99. The number of aryl methyl sites for hydroxylation is 1. The molecule has 3 rings (SSSR count). The van der Waals surface area contributed by atoms with Crippen molar-refractivity contribution in [1.82, 2.24) is 10.1 Å². The van der Waals surface area contributed by atoms with Gasteiger partial charge in [0.25, 0.3) is 5.89 Å². The van der Waals surface area contributed by atoms with Crippen molar-refractivity contribution >= 4 is 0 Å². The van der Waals surface area contributed by atoms with E-state index in [0.717, 1.165) is 5.56 Å². The van der Waals surface area contributed by atoms with Crippen molar-refractivity contribution in [3.8, 4) is 34.5 Å². The van der Waals surface area contributed by atoms with E-state index in [2.05, 4.69) is 10.1 Å². The Morgan fingerprint density at radius 3 is 2.68 bits per heavy atom. The van der Waals surface area contributed by atoms with E-state index in [-0.39, 0.29) is 17.4 Å². The molecule has 1 aromatic carbocycles. The van der Waals surface area contributed by atoms with Crippen LogP contribution in [0.15, 0.2) is 39.5 Å². The van der Waals surface area contributed by atoms with Gasteiger partial charge in [-0.05, 0) is 30.7 Å². The quantitative estimate of drug-likeness (QED) is 0.734. The molecule has 0 amide bonds. The SMILES string of the molecule is Cc1ccoc1-c1noc(-c2ccc(O)cc2O)n1. The smallest absolute Gasteiger partial charge is 0.262 e. The number of furan rings is 1. The normalized spacial score (nSPS) is 10.8. The maximum Gasteiger partial charge on any atom is 0.262 e. The highest BCUT2D eigenvalue weighted by Gasteiger charge is 2.17. The molecule has 2 heterocycles. The molecule has 0 spiro atoms. The molecule has 0 aliphatic carbocycles. The summed E-state index contributed by atoms with van der Waals surface area (Å²) in [6.45, 7) is 1.87. The number of phenols is 2. The molecule has 0 bridgehead atoms. The van der Waals surface area contributed by atoms with E-state index in [0.29, 0.717) is 17.1 Å². The van der Waals surface area contributed by atoms with Gasteiger partial charge in [-0.1, -0.05) is 5.16 Å². The molecule has 0 aliphatic rings. The van der Waals surface area contributed by atoms with Gasteiger partial charge in [-0.2, -0.15) is 4.98 Å². The van der Waals surface area contributed by atoms with Crippen LogP contribution in [0.5, 0.6) is 11.5 Å². The average molecular weight is 258 g/mol. The summed E-state index contributed by atoms with van der Waals surface area (Å²) < 4.78 is 10.3. The molecule has 0 unspecified atom stereocenters. The number of hydrogen-bond donors (Lipinski definition) is 2. The highest BCUT2D eigenvalue weighted by molar-refractivity contribution is 5.65. The fourth-order valence-electron chi connectivity index (χ4n) is 1.73. The summed E-state index contributed by atoms with van der Waals surface area (Å²) in [6, 6.07) is 5.93. The molecule has 0 aliphatic heterocycles. The highest BCUT2D eigenvalue weighted by atomic mass is 16.5. The van der Waals surface area contributed by atoms with Gasteiger partial charge in [0.1, 0.15) is 11.5 Å². The molecule has 6 nitrogen and oxygen atoms in total. The van der Waals surface area contributed by atoms with Crippen molar-refractivity contribution in [3.63, 3.8) is 0 Å². The van der Waals surface area contributed by atoms with Crippen LogP contribution in [0.1, 0.15) is 5.56 Å². The summed E-state index contributed by atoms with van der Waals surface area (Å²) in [5.41, 5.74) is 1.24. The van der Waals surface area contributed by atoms with Gasteiger partial charge >= 0.3 is 0 Å². The molecule has 0 atom stereocenters. The number of aromatic nitrogens is 2. The van der Waals surface area contributed by atoms with Gasteiger partial charge in [0, 0.05) is 6.07 Å². The third-order valence-electron chi connectivity index (χ3n) is 2.70. The molecule has 3 aromatic rings. The molecule has 6 heteroatoms. The molecular formula is C13H10N2O4. The first-order valence-corrected chi connectivity index (χ1v) is 5.55. The van der Waals surface area contributed by atoms with Crippen molar-refractivity contribution in [2.75, 3.05) is 0 Å². The molecule has 0 saturated carbocycles. The van der Waals surface area contributed by atoms with Crippen LogP contribution in [0, 0.1) is 6.92 Å². The molecule has 19 heavy (non-hydrogen) atoms. The van der Waals surface area contributed by atoms with Crippen molar-refractivity contribution in [3.05, 3.63) is 36.1 Å². The van der Waals surface area contributed by atoms with Gasteiger partial charge < -0.3 is 19.2 Å². The number of benzene rings is 1. The molecule has 0 saturated heterocycles. The largest absolute Gasteiger partial charge is 0.508 e. The van der Waals surface area contributed by atoms with Crippen molar-refractivity contribution in [1.29, 1.82) is 0 Å². The number of nitrogens with zero attached hydrogens (tertiary/aromatic N) is 2. The maximum absolute atomic E-state index is 9.73. The molecule has 96 valence electrons. The lowest BCUT2D eigenvalue weighted by Gasteiger charge is -1.98. The van der Waals surface area contributed by atoms with Gasteiger partial charge in [0.2, 0.25) is 5.82 Å². The summed E-state index contributed by atoms with van der Waals surface area (Å²) in [6.07, 6.45) is 1.54. The lowest BCUT2D eigenvalue weighted by molar-refractivity contribution is 0.421. The average Bonchev–Trinajstić information content (AvgIpc) is 2.97. The Balaban J connectivity index is 2.04. The predicted molar refractivity (Wildman–Crippen MR) is 65.5 cm³/mol. The van der Waals surface area contributed by atoms with E-state index >= 15 is 0 Å². The highest BCUT2D eigenvalue weighted by Crippen LogP contribution is 2.32. The van der Waals surface area contributed by atoms with Crippen LogP contribution in [0.4, 0.5) is 0 Å². The summed E-state index contributed by atoms with van der Waals surface area (Å²) in [4.78, 5) is 4.16. The first-order valence-electron chi connectivity index (χ1n) is 5.55. The summed E-state index contributed by atoms with van der Waals surface area (Å²) in [5.74, 6) is 0.816. The lowest BCUT2D eigenvalue weighted by atomic mass is 10.2. The topological polar surface area (TPSA) is 92.5 Å². The van der Waals surface area contributed by atoms with Crippen molar-refractivity contribution < 1.29 is 19.2 Å². The monoisotopic (exact) mass is 258 g/mol. The molecule has 0 radical (unpaired) electrons. The third-order valence-corrected chi connectivity index (χ3v) is 2.70. The van der Waals surface area contributed by atoms with E-state index in [1.165, 1.54) is 18.2 Å². The second-order valence-electron chi connectivity index (χ2n) is 4.06. The number of hydrogen-bond acceptors (Lipinski definition) is 6. The Bertz CT molecular complexity index is 730. The van der Waals surface area contributed by atoms with Crippen molar-refractivity contribution in [2.45, 2.75) is 6.92 Å². The van der Waals surface area contributed by atoms with Crippen LogP contribution in [0.25, 0.3) is 23.0 Å². The van der Waals surface area contributed by atoms with E-state index in [9.17, 15) is 10.2 Å². The zero-order valence-electron chi connectivity index (χ0n) is 9.99. The summed E-state index contributed by atoms with van der Waals surface area (Å²) >= 11 is 0. The fourth-order valence-corrected chi connectivity index (χ4v) is 1.73. The Kier molecular flexibility index (Phi) is 2.49. The van der Waals surface area contributed by atoms with Crippen LogP contribution in [-0.2, 0) is 0 Å². The van der Waals surface area contributed by atoms with Crippen LogP contribution in [-0.4, -0.2) is 20.4 Å². The molecule has 0 fully saturated rings. The first kappa shape index (κ1) is 11.3. The first-order chi connectivity index (χ1) is 9.15. The summed E-state index contributed by atoms with van der Waals surface area (Å²) in [5, 5.41) is 22.8. The van der Waals surface area contributed by atoms with Gasteiger partial charge in [0.15, 0.2) is 5.76 Å². The Morgan fingerprint density at radius 1 is 1.16 bits per heavy atom. The van der Waals surface area contributed by atoms with E-state index in [1.807, 2.05) is 6.92 Å². The minimum Gasteiger partial charge on any atom is -0.508 e. The fraction of sp³-hybridized carbons (Fsp3) is 0.0769. The standard InChI is InChI=1S/C13H10N2O4/c1-7-4-5-18-11(7)12-14-13(19-15-12)9-3-2-8(16)6-10(9)17/h2-6,16-17H,1H3. The van der Waals surface area contributed by atoms with E-state index < -0.39 is 0 Å². The Labute approximate surface area is 107 Å². The summed E-state index contributed by atoms with van der Waals surface area (Å²) in [7, 11) is 0. The zero-order chi connectivity index (χ0) is 13.4. The minimum atomic E-state index is -0.133. The maximum atomic E-state index is 9.73.